The molecule has 0 radical (unpaired) electrons. The highest BCUT2D eigenvalue weighted by Gasteiger charge is 2.23. The smallest absolute Gasteiger partial charge is 0.295 e. The summed E-state index contributed by atoms with van der Waals surface area (Å²) in [4.78, 5) is 14.5. The Bertz CT molecular complexity index is 770. The Morgan fingerprint density at radius 2 is 2.29 bits per heavy atom. The van der Waals surface area contributed by atoms with Crippen molar-refractivity contribution < 1.29 is 14.1 Å². The van der Waals surface area contributed by atoms with Gasteiger partial charge in [-0.05, 0) is 24.6 Å². The number of pyridine rings is 1. The molecule has 24 heavy (non-hydrogen) atoms. The average molecular weight is 352 g/mol. The number of nitro benzene ring substituents is 1. The van der Waals surface area contributed by atoms with E-state index in [2.05, 4.69) is 16.9 Å². The van der Waals surface area contributed by atoms with Gasteiger partial charge >= 0.3 is 0 Å². The lowest BCUT2D eigenvalue weighted by molar-refractivity contribution is -0.384. The van der Waals surface area contributed by atoms with E-state index in [1.54, 1.807) is 12.1 Å². The van der Waals surface area contributed by atoms with Crippen LogP contribution in [-0.4, -0.2) is 17.0 Å². The number of hydrogen-bond acceptors (Lipinski definition) is 5. The van der Waals surface area contributed by atoms with Crippen LogP contribution >= 0.6 is 11.6 Å². The number of halogens is 2. The van der Waals surface area contributed by atoms with Crippen LogP contribution in [0.1, 0.15) is 18.0 Å². The maximum Gasteiger partial charge on any atom is 0.295 e. The molecule has 6 nitrogen and oxygen atoms in total. The molecule has 0 aliphatic rings. The zero-order valence-electron chi connectivity index (χ0n) is 12.8. The predicted molar refractivity (Wildman–Crippen MR) is 90.0 cm³/mol. The number of rotatable bonds is 7. The molecule has 126 valence electrons. The molecule has 1 N–H and O–H groups in total. The van der Waals surface area contributed by atoms with E-state index < -0.39 is 16.8 Å². The van der Waals surface area contributed by atoms with Gasteiger partial charge in [-0.3, -0.25) is 10.1 Å². The Morgan fingerprint density at radius 3 is 2.92 bits per heavy atom. The molecule has 0 aliphatic heterocycles. The lowest BCUT2D eigenvalue weighted by atomic mass is 10.0. The van der Waals surface area contributed by atoms with E-state index in [0.29, 0.717) is 17.7 Å². The van der Waals surface area contributed by atoms with Gasteiger partial charge in [-0.25, -0.2) is 9.37 Å². The number of ether oxygens (including phenoxy) is 1. The molecule has 2 rings (SSSR count). The molecule has 1 aromatic heterocycles. The molecule has 0 amide bonds. The van der Waals surface area contributed by atoms with E-state index in [1.165, 1.54) is 19.4 Å². The van der Waals surface area contributed by atoms with E-state index in [0.717, 1.165) is 12.1 Å². The van der Waals surface area contributed by atoms with Crippen LogP contribution in [0.2, 0.25) is 5.15 Å². The normalized spacial score (nSPS) is 11.6. The fraction of sp³-hybridized carbons (Fsp3) is 0.188. The van der Waals surface area contributed by atoms with Crippen molar-refractivity contribution in [3.8, 4) is 5.75 Å². The summed E-state index contributed by atoms with van der Waals surface area (Å²) in [5.74, 6) is -0.205. The van der Waals surface area contributed by atoms with Crippen LogP contribution in [0.5, 0.6) is 5.75 Å². The Morgan fingerprint density at radius 1 is 1.54 bits per heavy atom. The molecule has 0 unspecified atom stereocenters. The van der Waals surface area contributed by atoms with E-state index in [1.807, 2.05) is 0 Å². The highest BCUT2D eigenvalue weighted by atomic mass is 35.5. The van der Waals surface area contributed by atoms with Gasteiger partial charge in [0.15, 0.2) is 0 Å². The highest BCUT2D eigenvalue weighted by molar-refractivity contribution is 6.30. The Kier molecular flexibility index (Phi) is 5.70. The molecule has 1 heterocycles. The van der Waals surface area contributed by atoms with Crippen molar-refractivity contribution >= 4 is 23.0 Å². The van der Waals surface area contributed by atoms with Crippen LogP contribution in [0.4, 0.5) is 15.8 Å². The van der Waals surface area contributed by atoms with Gasteiger partial charge in [0.05, 0.1) is 29.7 Å². The summed E-state index contributed by atoms with van der Waals surface area (Å²) in [5, 5.41) is 14.4. The summed E-state index contributed by atoms with van der Waals surface area (Å²) in [6.07, 6.45) is 3.53. The second-order valence-corrected chi connectivity index (χ2v) is 5.22. The first-order chi connectivity index (χ1) is 11.5. The van der Waals surface area contributed by atoms with E-state index in [4.69, 9.17) is 16.3 Å². The quantitative estimate of drug-likeness (QED) is 0.343. The summed E-state index contributed by atoms with van der Waals surface area (Å²) >= 11 is 6.17. The molecule has 2 aromatic rings. The summed E-state index contributed by atoms with van der Waals surface area (Å²) in [5.41, 5.74) is 0.332. The molecular weight excluding hydrogens is 337 g/mol. The fourth-order valence-corrected chi connectivity index (χ4v) is 2.59. The number of anilines is 1. The number of nitrogens with one attached hydrogen (secondary N) is 1. The minimum atomic E-state index is -0.690. The van der Waals surface area contributed by atoms with Crippen LogP contribution < -0.4 is 10.1 Å². The van der Waals surface area contributed by atoms with Crippen molar-refractivity contribution in [2.45, 2.75) is 12.5 Å². The van der Waals surface area contributed by atoms with Gasteiger partial charge in [0.25, 0.3) is 5.69 Å². The van der Waals surface area contributed by atoms with Crippen LogP contribution in [0.15, 0.2) is 43.1 Å². The first kappa shape index (κ1) is 17.7. The van der Waals surface area contributed by atoms with Crippen molar-refractivity contribution in [2.24, 2.45) is 0 Å². The summed E-state index contributed by atoms with van der Waals surface area (Å²) in [6, 6.07) is 4.46. The molecule has 0 saturated heterocycles. The molecule has 0 spiro atoms. The molecule has 8 heteroatoms. The zero-order valence-corrected chi connectivity index (χ0v) is 13.6. The molecule has 0 saturated carbocycles. The minimum Gasteiger partial charge on any atom is -0.496 e. The first-order valence-corrected chi connectivity index (χ1v) is 7.35. The molecular formula is C16H15ClFN3O3. The lowest BCUT2D eigenvalue weighted by Crippen LogP contribution is -2.13. The van der Waals surface area contributed by atoms with Gasteiger partial charge < -0.3 is 10.1 Å². The molecule has 0 aliphatic carbocycles. The number of benzene rings is 1. The monoisotopic (exact) mass is 351 g/mol. The minimum absolute atomic E-state index is 0.162. The number of nitro groups is 1. The molecule has 1 aromatic carbocycles. The maximum atomic E-state index is 13.3. The van der Waals surface area contributed by atoms with Crippen LogP contribution in [-0.2, 0) is 0 Å². The zero-order chi connectivity index (χ0) is 17.7. The average Bonchev–Trinajstić information content (AvgIpc) is 2.55. The summed E-state index contributed by atoms with van der Waals surface area (Å²) in [7, 11) is 1.49. The van der Waals surface area contributed by atoms with E-state index in [9.17, 15) is 14.5 Å². The van der Waals surface area contributed by atoms with Crippen molar-refractivity contribution in [3.63, 3.8) is 0 Å². The number of methoxy groups -OCH3 is 1. The van der Waals surface area contributed by atoms with Crippen LogP contribution in [0.3, 0.4) is 0 Å². The maximum absolute atomic E-state index is 13.3. The van der Waals surface area contributed by atoms with Gasteiger partial charge in [0.2, 0.25) is 0 Å². The predicted octanol–water partition coefficient (Wildman–Crippen LogP) is 4.52. The Balaban J connectivity index is 2.48. The van der Waals surface area contributed by atoms with Crippen molar-refractivity contribution in [1.29, 1.82) is 0 Å². The third kappa shape index (κ3) is 3.80. The second-order valence-electron chi connectivity index (χ2n) is 4.86. The van der Waals surface area contributed by atoms with Gasteiger partial charge in [-0.1, -0.05) is 17.7 Å². The standard InChI is InChI=1S/C16H15ClFN3O3/c1-3-4-12(15-14(24-2)7-8-19-16(15)17)20-11-6-5-10(18)9-13(11)21(22)23/h3,5-9,12,20H,1,4H2,2H3/t12-/m1/s1. The van der Waals surface area contributed by atoms with E-state index >= 15 is 0 Å². The lowest BCUT2D eigenvalue weighted by Gasteiger charge is -2.21. The van der Waals surface area contributed by atoms with Gasteiger partial charge in [0.1, 0.15) is 22.4 Å². The van der Waals surface area contributed by atoms with Crippen molar-refractivity contribution in [3.05, 3.63) is 69.8 Å². The Hall–Kier alpha value is -2.67. The number of nitrogens with zero attached hydrogens (tertiary/aromatic N) is 2. The van der Waals surface area contributed by atoms with Crippen LogP contribution in [0, 0.1) is 15.9 Å². The van der Waals surface area contributed by atoms with E-state index in [-0.39, 0.29) is 16.5 Å². The summed E-state index contributed by atoms with van der Waals surface area (Å²) in [6.45, 7) is 3.69. The molecule has 0 bridgehead atoms. The SMILES string of the molecule is C=CC[C@@H](Nc1ccc(F)cc1[N+](=O)[O-])c1c(OC)ccnc1Cl. The number of hydrogen-bond donors (Lipinski definition) is 1. The van der Waals surface area contributed by atoms with Crippen molar-refractivity contribution in [2.75, 3.05) is 12.4 Å². The van der Waals surface area contributed by atoms with Crippen LogP contribution in [0.25, 0.3) is 0 Å². The van der Waals surface area contributed by atoms with Gasteiger partial charge in [0, 0.05) is 6.20 Å². The van der Waals surface area contributed by atoms with Gasteiger partial charge in [-0.2, -0.15) is 0 Å². The topological polar surface area (TPSA) is 77.3 Å². The first-order valence-electron chi connectivity index (χ1n) is 6.97. The summed E-state index contributed by atoms with van der Waals surface area (Å²) < 4.78 is 18.6. The van der Waals surface area contributed by atoms with Gasteiger partial charge in [-0.15, -0.1) is 6.58 Å². The Labute approximate surface area is 143 Å². The third-order valence-electron chi connectivity index (χ3n) is 3.36. The largest absolute Gasteiger partial charge is 0.496 e. The fourth-order valence-electron chi connectivity index (χ4n) is 2.31. The highest BCUT2D eigenvalue weighted by Crippen LogP contribution is 2.37. The molecule has 0 fully saturated rings. The molecule has 1 atom stereocenters. The number of aromatic nitrogens is 1. The second kappa shape index (κ2) is 7.74. The van der Waals surface area contributed by atoms with Crippen molar-refractivity contribution in [1.82, 2.24) is 4.98 Å². The third-order valence-corrected chi connectivity index (χ3v) is 3.66.